The largest absolute Gasteiger partial charge is 0.350 e. The Bertz CT molecular complexity index is 1020. The van der Waals surface area contributed by atoms with E-state index in [1.807, 2.05) is 55.0 Å². The number of benzene rings is 2. The number of rotatable bonds is 7. The van der Waals surface area contributed by atoms with Gasteiger partial charge in [-0.3, -0.25) is 4.79 Å². The van der Waals surface area contributed by atoms with Crippen molar-refractivity contribution >= 4 is 40.4 Å². The van der Waals surface area contributed by atoms with Gasteiger partial charge in [0.1, 0.15) is 0 Å². The number of imidazole rings is 1. The number of nitrogens with one attached hydrogen (secondary N) is 3. The van der Waals surface area contributed by atoms with E-state index in [0.717, 1.165) is 21.6 Å². The molecule has 3 aromatic rings. The van der Waals surface area contributed by atoms with Gasteiger partial charge in [0, 0.05) is 35.3 Å². The molecule has 0 saturated heterocycles. The molecule has 0 unspecified atom stereocenters. The van der Waals surface area contributed by atoms with Gasteiger partial charge in [-0.25, -0.2) is 9.78 Å². The summed E-state index contributed by atoms with van der Waals surface area (Å²) in [5.74, 6) is -0.111. The van der Waals surface area contributed by atoms with Crippen molar-refractivity contribution in [3.63, 3.8) is 0 Å². The van der Waals surface area contributed by atoms with Gasteiger partial charge in [0.15, 0.2) is 0 Å². The lowest BCUT2D eigenvalue weighted by Crippen LogP contribution is -2.31. The summed E-state index contributed by atoms with van der Waals surface area (Å²) in [5, 5.41) is 8.56. The highest BCUT2D eigenvalue weighted by atomic mass is 32.2. The number of hydrogen-bond donors (Lipinski definition) is 3. The maximum atomic E-state index is 12.1. The molecule has 0 saturated carbocycles. The van der Waals surface area contributed by atoms with Crippen LogP contribution in [0, 0.1) is 0 Å². The Balaban J connectivity index is 1.56. The molecule has 3 rings (SSSR count). The Morgan fingerprint density at radius 1 is 1.17 bits per heavy atom. The number of urea groups is 1. The number of thioether (sulfide) groups is 1. The highest BCUT2D eigenvalue weighted by molar-refractivity contribution is 7.98. The summed E-state index contributed by atoms with van der Waals surface area (Å²) in [4.78, 5) is 29.7. The van der Waals surface area contributed by atoms with Crippen molar-refractivity contribution < 1.29 is 9.59 Å². The number of hydrogen-bond acceptors (Lipinski definition) is 4. The van der Waals surface area contributed by atoms with Crippen molar-refractivity contribution in [2.75, 3.05) is 18.1 Å². The first kappa shape index (κ1) is 20.7. The molecule has 0 aliphatic heterocycles. The minimum Gasteiger partial charge on any atom is -0.350 e. The lowest BCUT2D eigenvalue weighted by molar-refractivity contribution is 0.0943. The summed E-state index contributed by atoms with van der Waals surface area (Å²) < 4.78 is 1.95. The topological polar surface area (TPSA) is 88.1 Å². The number of carbonyl (C=O) groups excluding carboxylic acids is 2. The van der Waals surface area contributed by atoms with Gasteiger partial charge in [0.2, 0.25) is 0 Å². The molecule has 0 aliphatic carbocycles. The highest BCUT2D eigenvalue weighted by Crippen LogP contribution is 2.19. The van der Waals surface area contributed by atoms with Crippen LogP contribution in [0.15, 0.2) is 53.7 Å². The smallest absolute Gasteiger partial charge is 0.319 e. The summed E-state index contributed by atoms with van der Waals surface area (Å²) in [7, 11) is 0. The fraction of sp³-hybridized carbons (Fsp3) is 0.286. The quantitative estimate of drug-likeness (QED) is 0.517. The third-order valence-corrected chi connectivity index (χ3v) is 4.99. The fourth-order valence-corrected chi connectivity index (χ4v) is 3.35. The lowest BCUT2D eigenvalue weighted by atomic mass is 10.2. The molecule has 0 radical (unpaired) electrons. The van der Waals surface area contributed by atoms with Crippen LogP contribution in [0.5, 0.6) is 0 Å². The second-order valence-electron chi connectivity index (χ2n) is 6.88. The summed E-state index contributed by atoms with van der Waals surface area (Å²) >= 11 is 1.63. The first-order valence-corrected chi connectivity index (χ1v) is 10.6. The van der Waals surface area contributed by atoms with Crippen molar-refractivity contribution in [3.8, 4) is 0 Å². The van der Waals surface area contributed by atoms with Gasteiger partial charge in [0.05, 0.1) is 17.4 Å². The number of anilines is 1. The Hall–Kier alpha value is -3.00. The van der Waals surface area contributed by atoms with E-state index < -0.39 is 0 Å². The van der Waals surface area contributed by atoms with E-state index in [2.05, 4.69) is 20.9 Å². The maximum Gasteiger partial charge on any atom is 0.319 e. The van der Waals surface area contributed by atoms with Gasteiger partial charge in [-0.05, 0) is 56.5 Å². The van der Waals surface area contributed by atoms with Crippen molar-refractivity contribution in [2.24, 2.45) is 0 Å². The van der Waals surface area contributed by atoms with Crippen LogP contribution in [0.4, 0.5) is 10.5 Å². The summed E-state index contributed by atoms with van der Waals surface area (Å²) in [5.41, 5.74) is 3.01. The standard InChI is InChI=1S/C21H25N5O2S/c1-14(2)24-20(27)15-7-8-19-18(11-15)23-13-26(19)10-9-22-21(28)25-16-5-4-6-17(12-16)29-3/h4-8,11-14H,9-10H2,1-3H3,(H,24,27)(H2,22,25,28). The van der Waals surface area contributed by atoms with Crippen molar-refractivity contribution in [1.29, 1.82) is 0 Å². The highest BCUT2D eigenvalue weighted by Gasteiger charge is 2.10. The number of nitrogens with zero attached hydrogens (tertiary/aromatic N) is 2. The third-order valence-electron chi connectivity index (χ3n) is 4.27. The van der Waals surface area contributed by atoms with Crippen LogP contribution in [-0.2, 0) is 6.54 Å². The second kappa shape index (κ2) is 9.47. The van der Waals surface area contributed by atoms with Crippen molar-refractivity contribution in [3.05, 3.63) is 54.4 Å². The zero-order valence-corrected chi connectivity index (χ0v) is 17.5. The number of fused-ring (bicyclic) bond motifs is 1. The molecule has 152 valence electrons. The van der Waals surface area contributed by atoms with Crippen molar-refractivity contribution in [1.82, 2.24) is 20.2 Å². The summed E-state index contributed by atoms with van der Waals surface area (Å²) in [6.07, 6.45) is 3.71. The Kier molecular flexibility index (Phi) is 6.77. The summed E-state index contributed by atoms with van der Waals surface area (Å²) in [6, 6.07) is 13.0. The van der Waals surface area contributed by atoms with E-state index in [1.165, 1.54) is 0 Å². The maximum absolute atomic E-state index is 12.1. The number of aromatic nitrogens is 2. The molecule has 0 atom stereocenters. The first-order chi connectivity index (χ1) is 14.0. The van der Waals surface area contributed by atoms with Crippen LogP contribution in [0.3, 0.4) is 0 Å². The van der Waals surface area contributed by atoms with Gasteiger partial charge in [-0.15, -0.1) is 11.8 Å². The van der Waals surface area contributed by atoms with Gasteiger partial charge in [0.25, 0.3) is 5.91 Å². The van der Waals surface area contributed by atoms with Crippen LogP contribution in [0.2, 0.25) is 0 Å². The predicted octanol–water partition coefficient (Wildman–Crippen LogP) is 3.72. The van der Waals surface area contributed by atoms with E-state index >= 15 is 0 Å². The molecule has 8 heteroatoms. The zero-order chi connectivity index (χ0) is 20.8. The first-order valence-electron chi connectivity index (χ1n) is 9.41. The second-order valence-corrected chi connectivity index (χ2v) is 7.76. The van der Waals surface area contributed by atoms with E-state index in [1.54, 1.807) is 30.2 Å². The molecule has 3 N–H and O–H groups in total. The van der Waals surface area contributed by atoms with Crippen LogP contribution < -0.4 is 16.0 Å². The molecule has 1 heterocycles. The van der Waals surface area contributed by atoms with Gasteiger partial charge in [-0.2, -0.15) is 0 Å². The zero-order valence-electron chi connectivity index (χ0n) is 16.7. The van der Waals surface area contributed by atoms with E-state index in [9.17, 15) is 9.59 Å². The molecule has 0 fully saturated rings. The van der Waals surface area contributed by atoms with Crippen LogP contribution in [0.1, 0.15) is 24.2 Å². The van der Waals surface area contributed by atoms with E-state index in [-0.39, 0.29) is 18.0 Å². The van der Waals surface area contributed by atoms with E-state index in [4.69, 9.17) is 0 Å². The summed E-state index contributed by atoms with van der Waals surface area (Å²) in [6.45, 7) is 4.88. The SMILES string of the molecule is CSc1cccc(NC(=O)NCCn2cnc3cc(C(=O)NC(C)C)ccc32)c1. The fourth-order valence-electron chi connectivity index (χ4n) is 2.89. The minimum absolute atomic E-state index is 0.0798. The number of amides is 3. The van der Waals surface area contributed by atoms with Crippen LogP contribution >= 0.6 is 11.8 Å². The molecule has 3 amide bonds. The van der Waals surface area contributed by atoms with Gasteiger partial charge >= 0.3 is 6.03 Å². The molecule has 2 aromatic carbocycles. The molecule has 0 aliphatic rings. The normalized spacial score (nSPS) is 10.9. The molecule has 0 spiro atoms. The molecular weight excluding hydrogens is 386 g/mol. The number of carbonyl (C=O) groups is 2. The Morgan fingerprint density at radius 3 is 2.76 bits per heavy atom. The van der Waals surface area contributed by atoms with Crippen molar-refractivity contribution in [2.45, 2.75) is 31.3 Å². The molecular formula is C21H25N5O2S. The molecule has 7 nitrogen and oxygen atoms in total. The van der Waals surface area contributed by atoms with Crippen LogP contribution in [0.25, 0.3) is 11.0 Å². The molecule has 0 bridgehead atoms. The van der Waals surface area contributed by atoms with Gasteiger partial charge in [-0.1, -0.05) is 6.07 Å². The van der Waals surface area contributed by atoms with Gasteiger partial charge < -0.3 is 20.5 Å². The average molecular weight is 412 g/mol. The lowest BCUT2D eigenvalue weighted by Gasteiger charge is -2.10. The molecule has 1 aromatic heterocycles. The predicted molar refractivity (Wildman–Crippen MR) is 118 cm³/mol. The average Bonchev–Trinajstić information content (AvgIpc) is 3.10. The van der Waals surface area contributed by atoms with E-state index in [0.29, 0.717) is 18.7 Å². The Morgan fingerprint density at radius 2 is 2.00 bits per heavy atom. The minimum atomic E-state index is -0.250. The third kappa shape index (κ3) is 5.51. The monoisotopic (exact) mass is 411 g/mol. The Labute approximate surface area is 174 Å². The van der Waals surface area contributed by atoms with Crippen LogP contribution in [-0.4, -0.2) is 40.3 Å². The molecule has 29 heavy (non-hydrogen) atoms.